The fraction of sp³-hybridized carbons (Fsp3) is 0.176. The normalized spacial score (nSPS) is 13.4. The molecular formula is C17H15NO2. The lowest BCUT2D eigenvalue weighted by Gasteiger charge is -2.15. The number of hydrogen-bond donors (Lipinski definition) is 0. The number of carbonyl (C=O) groups is 2. The Balaban J connectivity index is 1.79. The molecular weight excluding hydrogens is 250 g/mol. The Labute approximate surface area is 117 Å². The van der Waals surface area contributed by atoms with Crippen molar-refractivity contribution < 1.29 is 9.59 Å². The summed E-state index contributed by atoms with van der Waals surface area (Å²) >= 11 is 0. The molecule has 1 heterocycles. The molecule has 0 aliphatic carbocycles. The fourth-order valence-electron chi connectivity index (χ4n) is 2.59. The third kappa shape index (κ3) is 2.11. The van der Waals surface area contributed by atoms with Gasteiger partial charge in [-0.1, -0.05) is 42.5 Å². The zero-order valence-corrected chi connectivity index (χ0v) is 11.3. The van der Waals surface area contributed by atoms with Gasteiger partial charge < -0.3 is 4.90 Å². The number of carbonyl (C=O) groups excluding carboxylic acids is 2. The molecule has 20 heavy (non-hydrogen) atoms. The second-order valence-corrected chi connectivity index (χ2v) is 5.06. The number of fused-ring (bicyclic) bond motifs is 1. The Morgan fingerprint density at radius 3 is 2.55 bits per heavy atom. The van der Waals surface area contributed by atoms with E-state index in [4.69, 9.17) is 0 Å². The van der Waals surface area contributed by atoms with Crippen LogP contribution in [0.1, 0.15) is 31.8 Å². The van der Waals surface area contributed by atoms with Crippen LogP contribution in [0.2, 0.25) is 0 Å². The molecule has 0 unspecified atom stereocenters. The Kier molecular flexibility index (Phi) is 3.11. The average Bonchev–Trinajstić information content (AvgIpc) is 2.76. The molecule has 0 radical (unpaired) electrons. The molecule has 0 saturated heterocycles. The van der Waals surface area contributed by atoms with Crippen molar-refractivity contribution in [3.63, 3.8) is 0 Å². The third-order valence-corrected chi connectivity index (χ3v) is 3.68. The molecule has 2 aromatic carbocycles. The van der Waals surface area contributed by atoms with Crippen LogP contribution in [0.4, 0.5) is 0 Å². The van der Waals surface area contributed by atoms with Crippen molar-refractivity contribution in [2.45, 2.75) is 13.5 Å². The summed E-state index contributed by atoms with van der Waals surface area (Å²) in [5.41, 5.74) is 3.35. The highest BCUT2D eigenvalue weighted by Crippen LogP contribution is 2.22. The van der Waals surface area contributed by atoms with Gasteiger partial charge in [0.05, 0.1) is 6.54 Å². The molecule has 3 rings (SSSR count). The lowest BCUT2D eigenvalue weighted by atomic mass is 10.0. The topological polar surface area (TPSA) is 37.4 Å². The van der Waals surface area contributed by atoms with Gasteiger partial charge in [0.15, 0.2) is 5.78 Å². The summed E-state index contributed by atoms with van der Waals surface area (Å²) in [6, 6.07) is 15.0. The number of rotatable bonds is 3. The van der Waals surface area contributed by atoms with Gasteiger partial charge in [-0.25, -0.2) is 0 Å². The van der Waals surface area contributed by atoms with Crippen molar-refractivity contribution >= 4 is 11.7 Å². The highest BCUT2D eigenvalue weighted by molar-refractivity contribution is 6.04. The number of ketones is 1. The highest BCUT2D eigenvalue weighted by atomic mass is 16.2. The van der Waals surface area contributed by atoms with Crippen LogP contribution in [0.5, 0.6) is 0 Å². The lowest BCUT2D eigenvalue weighted by molar-refractivity contribution is 0.0728. The Bertz CT molecular complexity index is 691. The van der Waals surface area contributed by atoms with Gasteiger partial charge in [0.25, 0.3) is 5.91 Å². The van der Waals surface area contributed by atoms with Gasteiger partial charge in [-0.3, -0.25) is 9.59 Å². The first-order valence-electron chi connectivity index (χ1n) is 6.63. The Morgan fingerprint density at radius 1 is 1.10 bits per heavy atom. The molecule has 0 saturated carbocycles. The van der Waals surface area contributed by atoms with Crippen LogP contribution in [-0.2, 0) is 6.54 Å². The van der Waals surface area contributed by atoms with Crippen molar-refractivity contribution in [1.29, 1.82) is 0 Å². The molecule has 1 aliphatic rings. The monoisotopic (exact) mass is 265 g/mol. The number of aryl methyl sites for hydroxylation is 1. The molecule has 0 aromatic heterocycles. The van der Waals surface area contributed by atoms with E-state index in [9.17, 15) is 9.59 Å². The molecule has 2 aromatic rings. The maximum atomic E-state index is 12.3. The number of nitrogens with zero attached hydrogens (tertiary/aromatic N) is 1. The van der Waals surface area contributed by atoms with Crippen LogP contribution >= 0.6 is 0 Å². The SMILES string of the molecule is Cc1ccccc1C(=O)CN1Cc2ccccc2C1=O. The molecule has 1 aliphatic heterocycles. The molecule has 0 fully saturated rings. The first kappa shape index (κ1) is 12.6. The summed E-state index contributed by atoms with van der Waals surface area (Å²) in [6.07, 6.45) is 0. The van der Waals surface area contributed by atoms with Gasteiger partial charge in [0, 0.05) is 17.7 Å². The van der Waals surface area contributed by atoms with E-state index in [1.807, 2.05) is 55.5 Å². The van der Waals surface area contributed by atoms with Crippen LogP contribution in [0.3, 0.4) is 0 Å². The van der Waals surface area contributed by atoms with Crippen LogP contribution in [0.25, 0.3) is 0 Å². The largest absolute Gasteiger partial charge is 0.327 e. The first-order chi connectivity index (χ1) is 9.66. The van der Waals surface area contributed by atoms with E-state index >= 15 is 0 Å². The van der Waals surface area contributed by atoms with E-state index in [-0.39, 0.29) is 18.2 Å². The van der Waals surface area contributed by atoms with E-state index in [2.05, 4.69) is 0 Å². The minimum Gasteiger partial charge on any atom is -0.327 e. The molecule has 3 heteroatoms. The van der Waals surface area contributed by atoms with Crippen LogP contribution in [0, 0.1) is 6.92 Å². The van der Waals surface area contributed by atoms with E-state index in [1.54, 1.807) is 4.90 Å². The van der Waals surface area contributed by atoms with Gasteiger partial charge in [-0.15, -0.1) is 0 Å². The second kappa shape index (κ2) is 4.93. The number of amides is 1. The van der Waals surface area contributed by atoms with Crippen molar-refractivity contribution in [2.75, 3.05) is 6.54 Å². The summed E-state index contributed by atoms with van der Waals surface area (Å²) in [5, 5.41) is 0. The Morgan fingerprint density at radius 2 is 1.80 bits per heavy atom. The second-order valence-electron chi connectivity index (χ2n) is 5.06. The van der Waals surface area contributed by atoms with Crippen molar-refractivity contribution in [3.05, 3.63) is 70.8 Å². The third-order valence-electron chi connectivity index (χ3n) is 3.68. The number of Topliss-reactive ketones (excluding diaryl/α,β-unsaturated/α-hetero) is 1. The van der Waals surface area contributed by atoms with Gasteiger partial charge in [0.1, 0.15) is 0 Å². The van der Waals surface area contributed by atoms with E-state index < -0.39 is 0 Å². The minimum absolute atomic E-state index is 0.00995. The smallest absolute Gasteiger partial charge is 0.254 e. The molecule has 0 atom stereocenters. The van der Waals surface area contributed by atoms with Gasteiger partial charge in [-0.05, 0) is 24.1 Å². The van der Waals surface area contributed by atoms with Gasteiger partial charge in [0.2, 0.25) is 0 Å². The molecule has 0 bridgehead atoms. The number of hydrogen-bond acceptors (Lipinski definition) is 2. The zero-order valence-electron chi connectivity index (χ0n) is 11.3. The van der Waals surface area contributed by atoms with Crippen LogP contribution in [-0.4, -0.2) is 23.1 Å². The minimum atomic E-state index is -0.0532. The molecule has 0 N–H and O–H groups in total. The average molecular weight is 265 g/mol. The standard InChI is InChI=1S/C17H15NO2/c1-12-6-2-4-8-14(12)16(19)11-18-10-13-7-3-5-9-15(13)17(18)20/h2-9H,10-11H2,1H3. The molecule has 3 nitrogen and oxygen atoms in total. The summed E-state index contributed by atoms with van der Waals surface area (Å²) in [7, 11) is 0. The lowest BCUT2D eigenvalue weighted by Crippen LogP contribution is -2.30. The summed E-state index contributed by atoms with van der Waals surface area (Å²) < 4.78 is 0. The fourth-order valence-corrected chi connectivity index (χ4v) is 2.59. The molecule has 100 valence electrons. The predicted molar refractivity (Wildman–Crippen MR) is 76.7 cm³/mol. The van der Waals surface area contributed by atoms with Crippen molar-refractivity contribution in [2.24, 2.45) is 0 Å². The van der Waals surface area contributed by atoms with Crippen LogP contribution in [0.15, 0.2) is 48.5 Å². The first-order valence-corrected chi connectivity index (χ1v) is 6.63. The highest BCUT2D eigenvalue weighted by Gasteiger charge is 2.28. The van der Waals surface area contributed by atoms with E-state index in [1.165, 1.54) is 0 Å². The predicted octanol–water partition coefficient (Wildman–Crippen LogP) is 2.83. The summed E-state index contributed by atoms with van der Waals surface area (Å²) in [4.78, 5) is 26.2. The number of benzene rings is 2. The van der Waals surface area contributed by atoms with Gasteiger partial charge >= 0.3 is 0 Å². The van der Waals surface area contributed by atoms with E-state index in [0.29, 0.717) is 17.7 Å². The van der Waals surface area contributed by atoms with Crippen LogP contribution < -0.4 is 0 Å². The van der Waals surface area contributed by atoms with E-state index in [0.717, 1.165) is 11.1 Å². The quantitative estimate of drug-likeness (QED) is 0.800. The van der Waals surface area contributed by atoms with Crippen molar-refractivity contribution in [1.82, 2.24) is 4.90 Å². The zero-order chi connectivity index (χ0) is 14.1. The maximum Gasteiger partial charge on any atom is 0.254 e. The van der Waals surface area contributed by atoms with Crippen molar-refractivity contribution in [3.8, 4) is 0 Å². The maximum absolute atomic E-state index is 12.3. The Hall–Kier alpha value is -2.42. The molecule has 1 amide bonds. The van der Waals surface area contributed by atoms with Gasteiger partial charge in [-0.2, -0.15) is 0 Å². The summed E-state index contributed by atoms with van der Waals surface area (Å²) in [6.45, 7) is 2.57. The summed E-state index contributed by atoms with van der Waals surface area (Å²) in [5.74, 6) is -0.0632. The molecule has 0 spiro atoms.